The zero-order valence-corrected chi connectivity index (χ0v) is 12.4. The van der Waals surface area contributed by atoms with E-state index in [-0.39, 0.29) is 22.4 Å². The Kier molecular flexibility index (Phi) is 5.29. The van der Waals surface area contributed by atoms with Crippen molar-refractivity contribution in [1.29, 1.82) is 0 Å². The molecule has 0 heterocycles. The molecule has 1 aromatic rings. The summed E-state index contributed by atoms with van der Waals surface area (Å²) >= 11 is 2.99. The predicted molar refractivity (Wildman–Crippen MR) is 70.9 cm³/mol. The molecular formula is C12H14BrF2NO4. The summed E-state index contributed by atoms with van der Waals surface area (Å²) < 4.78 is 37.0. The van der Waals surface area contributed by atoms with Gasteiger partial charge in [-0.15, -0.1) is 0 Å². The summed E-state index contributed by atoms with van der Waals surface area (Å²) in [4.78, 5) is 11.3. The minimum Gasteiger partial charge on any atom is -0.506 e. The summed E-state index contributed by atoms with van der Waals surface area (Å²) in [5.74, 6) is -5.99. The number of methoxy groups -OCH3 is 1. The van der Waals surface area contributed by atoms with Gasteiger partial charge in [-0.25, -0.2) is 4.79 Å². The van der Waals surface area contributed by atoms with Crippen molar-refractivity contribution in [1.82, 2.24) is 0 Å². The first-order valence-electron chi connectivity index (χ1n) is 5.62. The maximum Gasteiger partial charge on any atom is 0.379 e. The Morgan fingerprint density at radius 3 is 2.65 bits per heavy atom. The van der Waals surface area contributed by atoms with Crippen LogP contribution in [0.15, 0.2) is 16.6 Å². The number of halogens is 3. The molecular weight excluding hydrogens is 340 g/mol. The van der Waals surface area contributed by atoms with Crippen molar-refractivity contribution in [3.05, 3.63) is 22.2 Å². The molecule has 0 bridgehead atoms. The van der Waals surface area contributed by atoms with Crippen LogP contribution in [0.4, 0.5) is 8.78 Å². The van der Waals surface area contributed by atoms with Crippen LogP contribution in [0.3, 0.4) is 0 Å². The van der Waals surface area contributed by atoms with Gasteiger partial charge in [0.15, 0.2) is 0 Å². The van der Waals surface area contributed by atoms with Crippen molar-refractivity contribution in [3.63, 3.8) is 0 Å². The average molecular weight is 354 g/mol. The number of carbonyl (C=O) groups is 1. The SMILES string of the molecule is CCOC(=O)C(F)(F)[C@@H](N)c1cc(OC)cc(Br)c1O. The van der Waals surface area contributed by atoms with Gasteiger partial charge in [-0.3, -0.25) is 0 Å². The molecule has 0 aliphatic carbocycles. The first-order valence-corrected chi connectivity index (χ1v) is 6.42. The maximum absolute atomic E-state index is 13.9. The van der Waals surface area contributed by atoms with E-state index in [1.54, 1.807) is 0 Å². The number of alkyl halides is 2. The standard InChI is InChI=1S/C12H14BrF2NO4/c1-3-20-11(18)12(14,15)10(16)7-4-6(19-2)5-8(13)9(7)17/h4-5,10,17H,3,16H2,1-2H3/t10-/m0/s1. The van der Waals surface area contributed by atoms with Crippen LogP contribution in [-0.4, -0.2) is 30.7 Å². The number of esters is 1. The van der Waals surface area contributed by atoms with Gasteiger partial charge < -0.3 is 20.3 Å². The van der Waals surface area contributed by atoms with Gasteiger partial charge in [-0.2, -0.15) is 8.78 Å². The second kappa shape index (κ2) is 6.36. The van der Waals surface area contributed by atoms with E-state index in [1.807, 2.05) is 0 Å². The molecule has 0 spiro atoms. The van der Waals surface area contributed by atoms with E-state index in [2.05, 4.69) is 20.7 Å². The number of phenols is 1. The molecule has 0 fully saturated rings. The first-order chi connectivity index (χ1) is 9.25. The van der Waals surface area contributed by atoms with Crippen LogP contribution < -0.4 is 10.5 Å². The Morgan fingerprint density at radius 1 is 1.55 bits per heavy atom. The third kappa shape index (κ3) is 3.18. The molecule has 8 heteroatoms. The summed E-state index contributed by atoms with van der Waals surface area (Å²) in [5.41, 5.74) is 5.09. The Morgan fingerprint density at radius 2 is 2.15 bits per heavy atom. The number of ether oxygens (including phenoxy) is 2. The molecule has 5 nitrogen and oxygen atoms in total. The first kappa shape index (κ1) is 16.6. The van der Waals surface area contributed by atoms with Gasteiger partial charge in [-0.1, -0.05) is 0 Å². The van der Waals surface area contributed by atoms with Gasteiger partial charge in [0, 0.05) is 5.56 Å². The van der Waals surface area contributed by atoms with Gasteiger partial charge in [0.05, 0.1) is 18.2 Å². The highest BCUT2D eigenvalue weighted by Gasteiger charge is 2.49. The van der Waals surface area contributed by atoms with Gasteiger partial charge in [0.2, 0.25) is 0 Å². The normalized spacial score (nSPS) is 12.9. The predicted octanol–water partition coefficient (Wildman–Crippen LogP) is 2.36. The van der Waals surface area contributed by atoms with E-state index in [1.165, 1.54) is 20.1 Å². The molecule has 0 aliphatic rings. The average Bonchev–Trinajstić information content (AvgIpc) is 2.41. The molecule has 0 aliphatic heterocycles. The lowest BCUT2D eigenvalue weighted by molar-refractivity contribution is -0.174. The molecule has 1 aromatic carbocycles. The minimum absolute atomic E-state index is 0.127. The highest BCUT2D eigenvalue weighted by Crippen LogP contribution is 2.40. The fourth-order valence-electron chi connectivity index (χ4n) is 1.50. The smallest absolute Gasteiger partial charge is 0.379 e. The molecule has 20 heavy (non-hydrogen) atoms. The minimum atomic E-state index is -3.97. The van der Waals surface area contributed by atoms with E-state index in [4.69, 9.17) is 10.5 Å². The zero-order chi connectivity index (χ0) is 15.5. The number of phenolic OH excluding ortho intramolecular Hbond substituents is 1. The Hall–Kier alpha value is -1.41. The van der Waals surface area contributed by atoms with E-state index in [0.717, 1.165) is 6.07 Å². The van der Waals surface area contributed by atoms with Crippen molar-refractivity contribution in [3.8, 4) is 11.5 Å². The van der Waals surface area contributed by atoms with E-state index in [0.29, 0.717) is 0 Å². The number of nitrogens with two attached hydrogens (primary N) is 1. The summed E-state index contributed by atoms with van der Waals surface area (Å²) in [6.45, 7) is 1.20. The largest absolute Gasteiger partial charge is 0.506 e. The Labute approximate surface area is 122 Å². The Bertz CT molecular complexity index is 510. The van der Waals surface area contributed by atoms with Crippen LogP contribution in [0.1, 0.15) is 18.5 Å². The monoisotopic (exact) mass is 353 g/mol. The number of carbonyl (C=O) groups excluding carboxylic acids is 1. The summed E-state index contributed by atoms with van der Waals surface area (Å²) in [7, 11) is 1.33. The van der Waals surface area contributed by atoms with Crippen LogP contribution in [0, 0.1) is 0 Å². The lowest BCUT2D eigenvalue weighted by Gasteiger charge is -2.23. The quantitative estimate of drug-likeness (QED) is 0.794. The van der Waals surface area contributed by atoms with Gasteiger partial charge in [-0.05, 0) is 35.0 Å². The molecule has 1 rings (SSSR count). The van der Waals surface area contributed by atoms with Gasteiger partial charge >= 0.3 is 11.9 Å². The second-order valence-electron chi connectivity index (χ2n) is 3.87. The van der Waals surface area contributed by atoms with Crippen LogP contribution >= 0.6 is 15.9 Å². The van der Waals surface area contributed by atoms with Crippen LogP contribution in [0.5, 0.6) is 11.5 Å². The fraction of sp³-hybridized carbons (Fsp3) is 0.417. The molecule has 0 amide bonds. The molecule has 0 radical (unpaired) electrons. The van der Waals surface area contributed by atoms with Crippen molar-refractivity contribution >= 4 is 21.9 Å². The highest BCUT2D eigenvalue weighted by atomic mass is 79.9. The van der Waals surface area contributed by atoms with Crippen molar-refractivity contribution in [2.75, 3.05) is 13.7 Å². The maximum atomic E-state index is 13.9. The summed E-state index contributed by atoms with van der Waals surface area (Å²) in [6.07, 6.45) is 0. The van der Waals surface area contributed by atoms with Gasteiger partial charge in [0.1, 0.15) is 17.5 Å². The summed E-state index contributed by atoms with van der Waals surface area (Å²) in [5, 5.41) is 9.80. The topological polar surface area (TPSA) is 81.8 Å². The van der Waals surface area contributed by atoms with Crippen molar-refractivity contribution < 1.29 is 28.2 Å². The van der Waals surface area contributed by atoms with Crippen LogP contribution in [-0.2, 0) is 9.53 Å². The fourth-order valence-corrected chi connectivity index (χ4v) is 1.95. The van der Waals surface area contributed by atoms with E-state index < -0.39 is 23.7 Å². The van der Waals surface area contributed by atoms with Crippen molar-refractivity contribution in [2.45, 2.75) is 18.9 Å². The molecule has 0 saturated heterocycles. The lowest BCUT2D eigenvalue weighted by atomic mass is 10.00. The third-order valence-electron chi connectivity index (χ3n) is 2.58. The molecule has 112 valence electrons. The van der Waals surface area contributed by atoms with Crippen LogP contribution in [0.2, 0.25) is 0 Å². The zero-order valence-electron chi connectivity index (χ0n) is 10.8. The van der Waals surface area contributed by atoms with Crippen molar-refractivity contribution in [2.24, 2.45) is 5.73 Å². The molecule has 3 N–H and O–H groups in total. The van der Waals surface area contributed by atoms with E-state index >= 15 is 0 Å². The second-order valence-corrected chi connectivity index (χ2v) is 4.72. The molecule has 1 atom stereocenters. The Balaban J connectivity index is 3.23. The number of hydrogen-bond acceptors (Lipinski definition) is 5. The van der Waals surface area contributed by atoms with Gasteiger partial charge in [0.25, 0.3) is 0 Å². The molecule has 0 unspecified atom stereocenters. The van der Waals surface area contributed by atoms with E-state index in [9.17, 15) is 18.7 Å². The number of hydrogen-bond donors (Lipinski definition) is 2. The molecule has 0 aromatic heterocycles. The number of rotatable bonds is 5. The number of benzene rings is 1. The highest BCUT2D eigenvalue weighted by molar-refractivity contribution is 9.10. The lowest BCUT2D eigenvalue weighted by Crippen LogP contribution is -2.41. The third-order valence-corrected chi connectivity index (χ3v) is 3.18. The molecule has 0 saturated carbocycles. The summed E-state index contributed by atoms with van der Waals surface area (Å²) in [6, 6.07) is 0.458. The van der Waals surface area contributed by atoms with Crippen LogP contribution in [0.25, 0.3) is 0 Å². The number of aromatic hydroxyl groups is 1.